The largest absolute Gasteiger partial charge is 0.358 e. The van der Waals surface area contributed by atoms with Crippen molar-refractivity contribution in [3.63, 3.8) is 0 Å². The van der Waals surface area contributed by atoms with Gasteiger partial charge in [-0.2, -0.15) is 0 Å². The quantitative estimate of drug-likeness (QED) is 0.662. The van der Waals surface area contributed by atoms with Crippen LogP contribution in [0.3, 0.4) is 0 Å². The molecule has 0 saturated carbocycles. The van der Waals surface area contributed by atoms with E-state index in [1.807, 2.05) is 0 Å². The Morgan fingerprint density at radius 3 is 3.27 bits per heavy atom. The molecule has 0 aliphatic heterocycles. The van der Waals surface area contributed by atoms with E-state index in [1.54, 1.807) is 0 Å². The third kappa shape index (κ3) is 0.860. The molecular weight excluding hydrogens is 147 g/mol. The average Bonchev–Trinajstić information content (AvgIpc) is 2.53. The summed E-state index contributed by atoms with van der Waals surface area (Å²) in [5, 5.41) is 3.67. The van der Waals surface area contributed by atoms with Crippen molar-refractivity contribution in [3.8, 4) is 0 Å². The van der Waals surface area contributed by atoms with Gasteiger partial charge in [0.2, 0.25) is 0 Å². The highest BCUT2D eigenvalue weighted by Gasteiger charge is 2.29. The lowest BCUT2D eigenvalue weighted by atomic mass is 10.2. The van der Waals surface area contributed by atoms with Gasteiger partial charge in [-0.15, -0.1) is 0 Å². The van der Waals surface area contributed by atoms with Crippen LogP contribution >= 0.6 is 0 Å². The van der Waals surface area contributed by atoms with Gasteiger partial charge in [-0.05, 0) is 12.8 Å². The second-order valence-corrected chi connectivity index (χ2v) is 2.68. The molecule has 1 aliphatic rings. The molecule has 0 radical (unpaired) electrons. The van der Waals surface area contributed by atoms with Crippen molar-refractivity contribution >= 4 is 0 Å². The summed E-state index contributed by atoms with van der Waals surface area (Å²) >= 11 is 0. The lowest BCUT2D eigenvalue weighted by Crippen LogP contribution is -1.99. The Labute approximate surface area is 63.4 Å². The van der Waals surface area contributed by atoms with Crippen molar-refractivity contribution in [1.82, 2.24) is 5.16 Å². The maximum Gasteiger partial charge on any atom is 0.174 e. The first-order chi connectivity index (χ1) is 5.33. The summed E-state index contributed by atoms with van der Waals surface area (Å²) in [4.78, 5) is 0. The van der Waals surface area contributed by atoms with E-state index in [0.717, 1.165) is 5.56 Å². The molecule has 1 aromatic rings. The molecule has 4 heteroatoms. The molecule has 1 atom stereocenters. The Kier molecular flexibility index (Phi) is 1.42. The molecule has 60 valence electrons. The third-order valence-corrected chi connectivity index (χ3v) is 2.03. The van der Waals surface area contributed by atoms with Gasteiger partial charge in [0.25, 0.3) is 0 Å². The maximum absolute atomic E-state index is 12.9. The first-order valence-corrected chi connectivity index (χ1v) is 3.64. The zero-order valence-electron chi connectivity index (χ0n) is 6.01. The van der Waals surface area contributed by atoms with Crippen LogP contribution in [0.5, 0.6) is 0 Å². The van der Waals surface area contributed by atoms with Crippen LogP contribution in [0.4, 0.5) is 4.39 Å². The van der Waals surface area contributed by atoms with Crippen LogP contribution < -0.4 is 5.73 Å². The van der Waals surface area contributed by atoms with Crippen molar-refractivity contribution in [2.45, 2.75) is 25.6 Å². The van der Waals surface area contributed by atoms with E-state index < -0.39 is 6.17 Å². The van der Waals surface area contributed by atoms with Crippen LogP contribution in [0.1, 0.15) is 29.6 Å². The topological polar surface area (TPSA) is 52.0 Å². The van der Waals surface area contributed by atoms with Gasteiger partial charge < -0.3 is 10.3 Å². The molecule has 1 unspecified atom stereocenters. The zero-order chi connectivity index (χ0) is 7.84. The highest BCUT2D eigenvalue weighted by atomic mass is 19.1. The summed E-state index contributed by atoms with van der Waals surface area (Å²) in [5.74, 6) is 0.394. The van der Waals surface area contributed by atoms with Crippen LogP contribution in [-0.4, -0.2) is 5.16 Å². The van der Waals surface area contributed by atoms with Crippen LogP contribution in [0.2, 0.25) is 0 Å². The molecule has 11 heavy (non-hydrogen) atoms. The van der Waals surface area contributed by atoms with E-state index in [2.05, 4.69) is 5.16 Å². The molecule has 1 aromatic heterocycles. The SMILES string of the molecule is NCc1noc2c1CCC2F. The van der Waals surface area contributed by atoms with Gasteiger partial charge in [-0.25, -0.2) is 4.39 Å². The van der Waals surface area contributed by atoms with Gasteiger partial charge in [-0.3, -0.25) is 0 Å². The van der Waals surface area contributed by atoms with Crippen molar-refractivity contribution in [1.29, 1.82) is 0 Å². The summed E-state index contributed by atoms with van der Waals surface area (Å²) in [6.45, 7) is 0.339. The first-order valence-electron chi connectivity index (χ1n) is 3.64. The Balaban J connectivity index is 2.44. The maximum atomic E-state index is 12.9. The highest BCUT2D eigenvalue weighted by Crippen LogP contribution is 2.35. The number of hydrogen-bond donors (Lipinski definition) is 1. The number of aromatic nitrogens is 1. The molecule has 0 saturated heterocycles. The lowest BCUT2D eigenvalue weighted by molar-refractivity contribution is 0.258. The molecule has 0 spiro atoms. The first kappa shape index (κ1) is 6.79. The number of hydrogen-bond acceptors (Lipinski definition) is 3. The summed E-state index contributed by atoms with van der Waals surface area (Å²) in [5.41, 5.74) is 6.97. The third-order valence-electron chi connectivity index (χ3n) is 2.03. The van der Waals surface area contributed by atoms with E-state index in [9.17, 15) is 4.39 Å². The minimum atomic E-state index is -0.960. The van der Waals surface area contributed by atoms with E-state index >= 15 is 0 Å². The van der Waals surface area contributed by atoms with Crippen LogP contribution in [0.25, 0.3) is 0 Å². The summed E-state index contributed by atoms with van der Waals surface area (Å²) in [6, 6.07) is 0. The van der Waals surface area contributed by atoms with Crippen LogP contribution in [0, 0.1) is 0 Å². The second kappa shape index (κ2) is 2.30. The van der Waals surface area contributed by atoms with Gasteiger partial charge in [0.1, 0.15) is 5.69 Å². The zero-order valence-corrected chi connectivity index (χ0v) is 6.01. The van der Waals surface area contributed by atoms with Gasteiger partial charge >= 0.3 is 0 Å². The predicted octanol–water partition coefficient (Wildman–Crippen LogP) is 1.09. The number of rotatable bonds is 1. The Hall–Kier alpha value is -0.900. The van der Waals surface area contributed by atoms with Gasteiger partial charge in [0, 0.05) is 12.1 Å². The molecule has 0 fully saturated rings. The molecule has 0 amide bonds. The van der Waals surface area contributed by atoms with E-state index in [-0.39, 0.29) is 0 Å². The molecule has 2 N–H and O–H groups in total. The van der Waals surface area contributed by atoms with Crippen LogP contribution in [0.15, 0.2) is 4.52 Å². The van der Waals surface area contributed by atoms with Crippen molar-refractivity contribution in [2.24, 2.45) is 5.73 Å². The number of halogens is 1. The Morgan fingerprint density at radius 2 is 2.55 bits per heavy atom. The van der Waals surface area contributed by atoms with Crippen molar-refractivity contribution < 1.29 is 8.91 Å². The number of fused-ring (bicyclic) bond motifs is 1. The summed E-state index contributed by atoms with van der Waals surface area (Å²) < 4.78 is 17.7. The molecular formula is C7H9FN2O. The van der Waals surface area contributed by atoms with Crippen molar-refractivity contribution in [2.75, 3.05) is 0 Å². The molecule has 2 rings (SSSR count). The Morgan fingerprint density at radius 1 is 1.73 bits per heavy atom. The fourth-order valence-corrected chi connectivity index (χ4v) is 1.43. The van der Waals surface area contributed by atoms with Gasteiger partial charge in [0.15, 0.2) is 11.9 Å². The van der Waals surface area contributed by atoms with E-state index in [0.29, 0.717) is 30.8 Å². The number of alkyl halides is 1. The van der Waals surface area contributed by atoms with Gasteiger partial charge in [-0.1, -0.05) is 5.16 Å². The standard InChI is InChI=1S/C7H9FN2O/c8-5-2-1-4-6(3-9)10-11-7(4)5/h5H,1-3,9H2. The summed E-state index contributed by atoms with van der Waals surface area (Å²) in [6.07, 6.45) is 0.272. The monoisotopic (exact) mass is 156 g/mol. The van der Waals surface area contributed by atoms with E-state index in [4.69, 9.17) is 10.3 Å². The predicted molar refractivity (Wildman–Crippen MR) is 36.6 cm³/mol. The second-order valence-electron chi connectivity index (χ2n) is 2.68. The lowest BCUT2D eigenvalue weighted by Gasteiger charge is -1.89. The van der Waals surface area contributed by atoms with Gasteiger partial charge in [0.05, 0.1) is 0 Å². The van der Waals surface area contributed by atoms with E-state index in [1.165, 1.54) is 0 Å². The normalized spacial score (nSPS) is 22.2. The molecule has 0 bridgehead atoms. The molecule has 3 nitrogen and oxygen atoms in total. The number of nitrogens with two attached hydrogens (primary N) is 1. The molecule has 1 heterocycles. The Bertz CT molecular complexity index is 271. The minimum absolute atomic E-state index is 0.339. The summed E-state index contributed by atoms with van der Waals surface area (Å²) in [7, 11) is 0. The molecule has 0 aromatic carbocycles. The minimum Gasteiger partial charge on any atom is -0.358 e. The number of nitrogens with zero attached hydrogens (tertiary/aromatic N) is 1. The molecule has 1 aliphatic carbocycles. The highest BCUT2D eigenvalue weighted by molar-refractivity contribution is 5.28. The fourth-order valence-electron chi connectivity index (χ4n) is 1.43. The fraction of sp³-hybridized carbons (Fsp3) is 0.571. The average molecular weight is 156 g/mol. The van der Waals surface area contributed by atoms with Crippen molar-refractivity contribution in [3.05, 3.63) is 17.0 Å². The smallest absolute Gasteiger partial charge is 0.174 e. The van der Waals surface area contributed by atoms with Crippen LogP contribution in [-0.2, 0) is 13.0 Å².